The zero-order valence-corrected chi connectivity index (χ0v) is 23.6. The van der Waals surface area contributed by atoms with Crippen molar-refractivity contribution in [3.8, 4) is 11.5 Å². The molecule has 3 aromatic rings. The zero-order chi connectivity index (χ0) is 28.5. The molecular formula is C33H41N3O3. The van der Waals surface area contributed by atoms with Crippen LogP contribution >= 0.6 is 0 Å². The molecule has 3 N–H and O–H groups in total. The first kappa shape index (κ1) is 30.8. The summed E-state index contributed by atoms with van der Waals surface area (Å²) < 4.78 is 17.6. The van der Waals surface area contributed by atoms with Gasteiger partial charge in [0.1, 0.15) is 36.3 Å². The van der Waals surface area contributed by atoms with Crippen molar-refractivity contribution in [2.24, 2.45) is 0 Å². The summed E-state index contributed by atoms with van der Waals surface area (Å²) in [5, 5.41) is 3.31. The summed E-state index contributed by atoms with van der Waals surface area (Å²) in [4.78, 5) is 4.45. The Morgan fingerprint density at radius 1 is 1.03 bits per heavy atom. The van der Waals surface area contributed by atoms with E-state index in [1.54, 1.807) is 18.3 Å². The van der Waals surface area contributed by atoms with E-state index in [0.717, 1.165) is 22.3 Å². The lowest BCUT2D eigenvalue weighted by Gasteiger charge is -2.15. The number of pyridine rings is 1. The highest BCUT2D eigenvalue weighted by Crippen LogP contribution is 2.27. The number of hydrogen-bond acceptors (Lipinski definition) is 6. The van der Waals surface area contributed by atoms with Gasteiger partial charge in [0.15, 0.2) is 0 Å². The Bertz CT molecular complexity index is 1250. The Balaban J connectivity index is 0.00000260. The predicted octanol–water partition coefficient (Wildman–Crippen LogP) is 7.96. The van der Waals surface area contributed by atoms with E-state index in [1.165, 1.54) is 0 Å². The van der Waals surface area contributed by atoms with Gasteiger partial charge in [-0.15, -0.1) is 0 Å². The third-order valence-corrected chi connectivity index (χ3v) is 5.38. The van der Waals surface area contributed by atoms with Crippen LogP contribution in [0.1, 0.15) is 44.4 Å². The zero-order valence-electron chi connectivity index (χ0n) is 23.6. The molecule has 2 aromatic carbocycles. The molecule has 1 heterocycles. The molecular weight excluding hydrogens is 486 g/mol. The summed E-state index contributed by atoms with van der Waals surface area (Å²) in [7, 11) is 0. The van der Waals surface area contributed by atoms with Crippen LogP contribution in [0.15, 0.2) is 104 Å². The Kier molecular flexibility index (Phi) is 13.5. The number of ether oxygens (including phenoxy) is 3. The number of nitrogens with two attached hydrogens (primary N) is 1. The van der Waals surface area contributed by atoms with Crippen molar-refractivity contribution in [1.82, 2.24) is 4.98 Å². The van der Waals surface area contributed by atoms with Gasteiger partial charge in [-0.3, -0.25) is 0 Å². The molecule has 0 spiro atoms. The van der Waals surface area contributed by atoms with E-state index in [0.29, 0.717) is 55.1 Å². The minimum absolute atomic E-state index is 0.391. The van der Waals surface area contributed by atoms with Crippen LogP contribution in [-0.2, 0) is 17.9 Å². The van der Waals surface area contributed by atoms with Gasteiger partial charge in [0.2, 0.25) is 0 Å². The summed E-state index contributed by atoms with van der Waals surface area (Å²) in [6.07, 6.45) is 9.38. The third-order valence-electron chi connectivity index (χ3n) is 5.38. The van der Waals surface area contributed by atoms with Gasteiger partial charge >= 0.3 is 0 Å². The molecule has 0 radical (unpaired) electrons. The maximum Gasteiger partial charge on any atom is 0.149 e. The number of aromatic nitrogens is 1. The summed E-state index contributed by atoms with van der Waals surface area (Å²) in [6, 6.07) is 17.7. The second kappa shape index (κ2) is 17.1. The number of rotatable bonds is 14. The van der Waals surface area contributed by atoms with E-state index in [9.17, 15) is 0 Å². The average Bonchev–Trinajstić information content (AvgIpc) is 2.97. The van der Waals surface area contributed by atoms with Crippen LogP contribution in [0.5, 0.6) is 11.5 Å². The normalized spacial score (nSPS) is 10.8. The molecule has 206 valence electrons. The average molecular weight is 528 g/mol. The number of nitrogens with one attached hydrogen (secondary N) is 1. The van der Waals surface area contributed by atoms with Crippen LogP contribution < -0.4 is 20.5 Å². The van der Waals surface area contributed by atoms with Gasteiger partial charge in [-0.25, -0.2) is 4.98 Å². The van der Waals surface area contributed by atoms with E-state index in [4.69, 9.17) is 19.9 Å². The van der Waals surface area contributed by atoms with E-state index >= 15 is 0 Å². The number of anilines is 2. The van der Waals surface area contributed by atoms with E-state index in [-0.39, 0.29) is 0 Å². The van der Waals surface area contributed by atoms with Crippen LogP contribution in [0, 0.1) is 0 Å². The molecule has 39 heavy (non-hydrogen) atoms. The molecule has 0 saturated carbocycles. The molecule has 6 nitrogen and oxygen atoms in total. The van der Waals surface area contributed by atoms with Crippen molar-refractivity contribution in [2.75, 3.05) is 24.3 Å². The fraction of sp³-hybridized carbons (Fsp3) is 0.242. The minimum Gasteiger partial charge on any atom is -0.494 e. The lowest BCUT2D eigenvalue weighted by atomic mass is 10.2. The van der Waals surface area contributed by atoms with Crippen molar-refractivity contribution in [3.63, 3.8) is 0 Å². The second-order valence-electron chi connectivity index (χ2n) is 8.22. The monoisotopic (exact) mass is 527 g/mol. The standard InChI is InChI=1S/C31H35N3O3.C2H6/c1-5-8-12-24(6-2)21-36-28-15-26(16-29(18-28)37-22-25-13-10-9-11-14-25)19-33-31-30(32)17-27(20-34-31)23(4)35-7-3;1-2/h5-6,8-18,20H,2,4,7,19,21-22,32H2,1,3H3,(H,33,34);1-2H3/b8-5-,24-12+;. The Hall–Kier alpha value is -4.45. The second-order valence-corrected chi connectivity index (χ2v) is 8.22. The summed E-state index contributed by atoms with van der Waals surface area (Å²) in [5.41, 5.74) is 10.5. The van der Waals surface area contributed by atoms with Crippen molar-refractivity contribution in [3.05, 3.63) is 121 Å². The quantitative estimate of drug-likeness (QED) is 0.164. The Morgan fingerprint density at radius 3 is 2.38 bits per heavy atom. The third kappa shape index (κ3) is 10.4. The topological polar surface area (TPSA) is 78.6 Å². The van der Waals surface area contributed by atoms with Gasteiger partial charge in [0.25, 0.3) is 0 Å². The highest BCUT2D eigenvalue weighted by molar-refractivity contribution is 5.68. The Labute approximate surface area is 233 Å². The highest BCUT2D eigenvalue weighted by Gasteiger charge is 2.09. The van der Waals surface area contributed by atoms with Crippen LogP contribution in [0.3, 0.4) is 0 Å². The molecule has 0 saturated heterocycles. The Morgan fingerprint density at radius 2 is 1.74 bits per heavy atom. The minimum atomic E-state index is 0.391. The first-order valence-corrected chi connectivity index (χ1v) is 13.2. The molecule has 0 aliphatic heterocycles. The number of hydrogen-bond donors (Lipinski definition) is 2. The maximum atomic E-state index is 6.24. The van der Waals surface area contributed by atoms with Crippen molar-refractivity contribution in [1.29, 1.82) is 0 Å². The van der Waals surface area contributed by atoms with E-state index in [2.05, 4.69) is 23.5 Å². The smallest absolute Gasteiger partial charge is 0.149 e. The molecule has 0 fully saturated rings. The number of nitrogens with zero attached hydrogens (tertiary/aromatic N) is 1. The van der Waals surface area contributed by atoms with Crippen LogP contribution in [-0.4, -0.2) is 18.2 Å². The number of benzene rings is 2. The summed E-state index contributed by atoms with van der Waals surface area (Å²) >= 11 is 0. The van der Waals surface area contributed by atoms with Gasteiger partial charge in [-0.05, 0) is 48.7 Å². The van der Waals surface area contributed by atoms with Crippen molar-refractivity contribution in [2.45, 2.75) is 40.8 Å². The molecule has 0 bridgehead atoms. The molecule has 0 aliphatic carbocycles. The largest absolute Gasteiger partial charge is 0.494 e. The van der Waals surface area contributed by atoms with Crippen molar-refractivity contribution < 1.29 is 14.2 Å². The molecule has 0 aliphatic rings. The molecule has 3 rings (SSSR count). The van der Waals surface area contributed by atoms with Crippen LogP contribution in [0.4, 0.5) is 11.5 Å². The first-order chi connectivity index (χ1) is 19.0. The van der Waals surface area contributed by atoms with Gasteiger partial charge < -0.3 is 25.3 Å². The molecule has 1 aromatic heterocycles. The summed E-state index contributed by atoms with van der Waals surface area (Å²) in [6.45, 7) is 17.5. The lowest BCUT2D eigenvalue weighted by molar-refractivity contribution is 0.299. The number of nitrogen functional groups attached to an aromatic ring is 1. The van der Waals surface area contributed by atoms with Gasteiger partial charge in [0, 0.05) is 24.4 Å². The highest BCUT2D eigenvalue weighted by atomic mass is 16.5. The fourth-order valence-electron chi connectivity index (χ4n) is 3.43. The predicted molar refractivity (Wildman–Crippen MR) is 164 cm³/mol. The fourth-order valence-corrected chi connectivity index (χ4v) is 3.43. The number of allylic oxidation sites excluding steroid dienone is 3. The van der Waals surface area contributed by atoms with E-state index in [1.807, 2.05) is 94.5 Å². The van der Waals surface area contributed by atoms with Gasteiger partial charge in [-0.1, -0.05) is 81.6 Å². The van der Waals surface area contributed by atoms with E-state index < -0.39 is 0 Å². The maximum absolute atomic E-state index is 6.24. The first-order valence-electron chi connectivity index (χ1n) is 13.2. The van der Waals surface area contributed by atoms with Gasteiger partial charge in [0.05, 0.1) is 12.3 Å². The molecule has 0 atom stereocenters. The molecule has 6 heteroatoms. The molecule has 0 unspecified atom stereocenters. The van der Waals surface area contributed by atoms with Crippen molar-refractivity contribution >= 4 is 17.3 Å². The SMILES string of the molecule is C=C/C(=C\C=C/C)COc1cc(CNc2ncc(C(=C)OCC)cc2N)cc(OCc2ccccc2)c1.CC. The summed E-state index contributed by atoms with van der Waals surface area (Å²) in [5.74, 6) is 2.52. The van der Waals surface area contributed by atoms with Crippen LogP contribution in [0.2, 0.25) is 0 Å². The molecule has 0 amide bonds. The van der Waals surface area contributed by atoms with Gasteiger partial charge in [-0.2, -0.15) is 0 Å². The van der Waals surface area contributed by atoms with Crippen LogP contribution in [0.25, 0.3) is 5.76 Å². The lowest BCUT2D eigenvalue weighted by Crippen LogP contribution is -2.07.